The van der Waals surface area contributed by atoms with E-state index in [0.717, 1.165) is 0 Å². The van der Waals surface area contributed by atoms with Crippen molar-refractivity contribution in [3.8, 4) is 0 Å². The van der Waals surface area contributed by atoms with Gasteiger partial charge in [-0.05, 0) is 0 Å². The Hall–Kier alpha value is 1.19. The van der Waals surface area contributed by atoms with Crippen molar-refractivity contribution in [2.45, 2.75) is 0 Å². The van der Waals surface area contributed by atoms with E-state index in [1.807, 2.05) is 0 Å². The Morgan fingerprint density at radius 3 is 0.789 bits per heavy atom. The molecule has 0 aromatic rings. The molecule has 6 nitrogen and oxygen atoms in total. The molecule has 0 spiro atoms. The Morgan fingerprint density at radius 1 is 0.684 bits per heavy atom. The molecule has 0 heterocycles. The van der Waals surface area contributed by atoms with Crippen LogP contribution in [0.3, 0.4) is 0 Å². The van der Waals surface area contributed by atoms with Gasteiger partial charge in [0.05, 0.1) is 0 Å². The summed E-state index contributed by atoms with van der Waals surface area (Å²) >= 11 is 0. The van der Waals surface area contributed by atoms with E-state index in [1.165, 1.54) is 0 Å². The summed E-state index contributed by atoms with van der Waals surface area (Å²) in [6.45, 7) is 11.0. The molecule has 0 bridgehead atoms. The van der Waals surface area contributed by atoms with Gasteiger partial charge < -0.3 is 16.9 Å². The van der Waals surface area contributed by atoms with E-state index in [2.05, 4.69) is 37.2 Å². The third kappa shape index (κ3) is 67.1. The monoisotopic (exact) mass is 777 g/mol. The van der Waals surface area contributed by atoms with Crippen molar-refractivity contribution >= 4 is 23.9 Å². The zero-order chi connectivity index (χ0) is 11.7. The van der Waals surface area contributed by atoms with E-state index in [4.69, 9.17) is 0 Å². The zero-order valence-corrected chi connectivity index (χ0v) is 21.5. The molecule has 0 aliphatic carbocycles. The van der Waals surface area contributed by atoms with Crippen LogP contribution >= 0.6 is 0 Å². The van der Waals surface area contributed by atoms with E-state index in [1.54, 1.807) is 0 Å². The van der Waals surface area contributed by atoms with E-state index in [0.29, 0.717) is 0 Å². The normalized spacial score (nSPS) is 5.47. The molecule has 0 saturated carbocycles. The summed E-state index contributed by atoms with van der Waals surface area (Å²) in [4.78, 5) is 38.6. The fourth-order valence-electron chi connectivity index (χ4n) is 0.254. The summed E-state index contributed by atoms with van der Waals surface area (Å²) in [5.41, 5.74) is 0. The molecule has 0 aliphatic rings. The molecule has 0 saturated heterocycles. The van der Waals surface area contributed by atoms with Crippen LogP contribution in [0, 0.1) is 66.2 Å². The van der Waals surface area contributed by atoms with Gasteiger partial charge in [0, 0.05) is 72.3 Å². The summed E-state index contributed by atoms with van der Waals surface area (Å²) in [5.74, 6) is -3.50. The maximum absolute atomic E-state index is 9.66. The molecule has 0 amide bonds. The molecule has 10 heteroatoms. The van der Waals surface area contributed by atoms with Crippen LogP contribution in [0.15, 0.2) is 0 Å². The number of esters is 4. The number of hydrogen-bond donors (Lipinski definition) is 0. The molecule has 0 unspecified atom stereocenters. The van der Waals surface area contributed by atoms with Crippen molar-refractivity contribution in [2.24, 2.45) is 0 Å². The first kappa shape index (κ1) is 42.7. The first-order valence-corrected chi connectivity index (χ1v) is 3.05. The average Bonchev–Trinajstić information content (AvgIpc) is 1.79. The van der Waals surface area contributed by atoms with Crippen molar-refractivity contribution in [2.75, 3.05) is 0 Å². The van der Waals surface area contributed by atoms with Crippen molar-refractivity contribution in [1.82, 2.24) is 0 Å². The van der Waals surface area contributed by atoms with Crippen LogP contribution in [-0.4, -0.2) is 23.9 Å². The second kappa shape index (κ2) is 27.5. The largest absolute Gasteiger partial charge is 2.00 e. The Kier molecular flexibility index (Phi) is 61.9. The second-order valence-electron chi connectivity index (χ2n) is 1.69. The third-order valence-electron chi connectivity index (χ3n) is 0.455. The van der Waals surface area contributed by atoms with Crippen LogP contribution in [0.1, 0.15) is 0 Å². The van der Waals surface area contributed by atoms with Gasteiger partial charge in [0.1, 0.15) is 0 Å². The first-order valence-electron chi connectivity index (χ1n) is 3.05. The van der Waals surface area contributed by atoms with Gasteiger partial charge in [0.25, 0.3) is 0 Å². The van der Waals surface area contributed by atoms with Crippen molar-refractivity contribution in [3.63, 3.8) is 0 Å². The van der Waals surface area contributed by atoms with Gasteiger partial charge in [-0.15, -0.1) is 0 Å². The van der Waals surface area contributed by atoms with Gasteiger partial charge in [-0.25, -0.2) is 0 Å². The molecule has 104 valence electrons. The summed E-state index contributed by atoms with van der Waals surface area (Å²) in [5, 5.41) is 0. The Morgan fingerprint density at radius 2 is 0.789 bits per heavy atom. The maximum Gasteiger partial charge on any atom is 2.00 e. The van der Waals surface area contributed by atoms with E-state index in [9.17, 15) is 19.2 Å². The van der Waals surface area contributed by atoms with Crippen molar-refractivity contribution in [3.05, 3.63) is 35.1 Å². The molecule has 0 fully saturated rings. The summed E-state index contributed by atoms with van der Waals surface area (Å²) in [6, 6.07) is 0. The third-order valence-corrected chi connectivity index (χ3v) is 0.455. The summed E-state index contributed by atoms with van der Waals surface area (Å²) < 4.78 is 7.50. The quantitative estimate of drug-likeness (QED) is 0.194. The van der Waals surface area contributed by atoms with Gasteiger partial charge in [0.2, 0.25) is 0 Å². The van der Waals surface area contributed by atoms with Gasteiger partial charge in [-0.1, -0.05) is 0 Å². The molecule has 0 N–H and O–H groups in total. The van der Waals surface area contributed by atoms with Crippen LogP contribution in [-0.2, 0) is 101 Å². The van der Waals surface area contributed by atoms with E-state index >= 15 is 0 Å². The number of rotatable bonds is 0. The van der Waals surface area contributed by atoms with Gasteiger partial charge in [-0.2, -0.15) is 0 Å². The minimum Gasteiger partial charge on any atom is -0.447 e. The number of ether oxygens (including phenoxy) is 2. The van der Waals surface area contributed by atoms with Gasteiger partial charge >= 0.3 is 31.1 Å². The van der Waals surface area contributed by atoms with Gasteiger partial charge in [-0.3, -0.25) is 46.9 Å². The number of carbonyl (C=O) groups excluding carboxylic acids is 4. The van der Waals surface area contributed by atoms with Gasteiger partial charge in [0.15, 0.2) is 23.9 Å². The SMILES string of the molecule is [CH2-]C(=O)OC([CH2-])=O.[CH2-]C(=O)OC([CH2-])=O.[CH3-].[U+2].[V].[W].[Y]. The number of carbonyl (C=O) groups is 4. The van der Waals surface area contributed by atoms with E-state index < -0.39 is 23.9 Å². The van der Waals surface area contributed by atoms with E-state index in [-0.39, 0.29) is 111 Å². The second-order valence-corrected chi connectivity index (χ2v) is 1.69. The average molecular weight is 777 g/mol. The molecule has 0 atom stereocenters. The number of hydrogen-bond acceptors (Lipinski definition) is 6. The van der Waals surface area contributed by atoms with Crippen LogP contribution in [0.25, 0.3) is 0 Å². The predicted molar refractivity (Wildman–Crippen MR) is 50.0 cm³/mol. The van der Waals surface area contributed by atoms with Crippen molar-refractivity contribution < 1.29 is 132 Å². The molecule has 19 heavy (non-hydrogen) atoms. The fraction of sp³-hybridized carbons (Fsp3) is 0. The van der Waals surface area contributed by atoms with Crippen LogP contribution < -0.4 is 0 Å². The minimum atomic E-state index is -0.875. The summed E-state index contributed by atoms with van der Waals surface area (Å²) in [7, 11) is 0. The first-order chi connectivity index (χ1) is 6.25. The Bertz CT molecular complexity index is 215. The topological polar surface area (TPSA) is 86.7 Å². The van der Waals surface area contributed by atoms with Crippen LogP contribution in [0.4, 0.5) is 0 Å². The fourth-order valence-corrected chi connectivity index (χ4v) is 0.254. The molecular formula is C9H11O6UVWY-3. The summed E-state index contributed by atoms with van der Waals surface area (Å²) in [6.07, 6.45) is 0. The molecule has 0 aromatic heterocycles. The predicted octanol–water partition coefficient (Wildman–Crippen LogP) is -0.108. The minimum absolute atomic E-state index is 0. The Balaban J connectivity index is -0.0000000240. The molecular weight excluding hydrogens is 766 g/mol. The van der Waals surface area contributed by atoms with Crippen LogP contribution in [0.2, 0.25) is 0 Å². The molecule has 0 aliphatic heterocycles. The molecule has 0 aromatic carbocycles. The van der Waals surface area contributed by atoms with Crippen LogP contribution in [0.5, 0.6) is 0 Å². The smallest absolute Gasteiger partial charge is 0.447 e. The molecule has 2 radical (unpaired) electrons. The maximum atomic E-state index is 9.66. The standard InChI is InChI=1S/2C4H4O3.CH3.U.V.W.Y/c2*1-3(5)7-4(2)6;;;;;/h2*1-2H2;1H3;;;;/q2*-2;-1;+2;;;. The van der Waals surface area contributed by atoms with Crippen molar-refractivity contribution in [1.29, 1.82) is 0 Å². The zero-order valence-electron chi connectivity index (χ0n) is 10.2. The Labute approximate surface area is 188 Å². The molecule has 0 rings (SSSR count).